The Balaban J connectivity index is 2.71. The molecule has 0 saturated carbocycles. The molecule has 0 saturated heterocycles. The van der Waals surface area contributed by atoms with Gasteiger partial charge < -0.3 is 9.84 Å². The van der Waals surface area contributed by atoms with Crippen LogP contribution in [0.15, 0.2) is 10.8 Å². The summed E-state index contributed by atoms with van der Waals surface area (Å²) in [6, 6.07) is 0. The monoisotopic (exact) mass is 182 g/mol. The molecule has 0 spiro atoms. The third-order valence-electron chi connectivity index (χ3n) is 1.66. The molecule has 0 fully saturated rings. The summed E-state index contributed by atoms with van der Waals surface area (Å²) in [5, 5.41) is 6.35. The van der Waals surface area contributed by atoms with Gasteiger partial charge in [0.2, 0.25) is 5.91 Å². The average molecular weight is 182 g/mol. The Morgan fingerprint density at radius 3 is 2.54 bits per heavy atom. The molecule has 0 radical (unpaired) electrons. The highest BCUT2D eigenvalue weighted by atomic mass is 16.5. The predicted molar refractivity (Wildman–Crippen MR) is 49.3 cm³/mol. The van der Waals surface area contributed by atoms with Gasteiger partial charge in [-0.25, -0.2) is 0 Å². The maximum Gasteiger partial charge on any atom is 0.230 e. The van der Waals surface area contributed by atoms with Crippen molar-refractivity contribution in [3.05, 3.63) is 11.8 Å². The largest absolute Gasteiger partial charge is 0.362 e. The van der Waals surface area contributed by atoms with Crippen molar-refractivity contribution in [1.82, 2.24) is 5.16 Å². The molecule has 0 aliphatic rings. The molecule has 4 heteroatoms. The van der Waals surface area contributed by atoms with Gasteiger partial charge in [-0.3, -0.25) is 4.79 Å². The van der Waals surface area contributed by atoms with Gasteiger partial charge in [0.05, 0.1) is 0 Å². The lowest BCUT2D eigenvalue weighted by Crippen LogP contribution is -2.28. The standard InChI is InChI=1S/C9H14N2O2/c1-6-5-13-11-7(6)10-8(12)9(2,3)4/h5H,1-4H3,(H,10,11,12). The second-order valence-electron chi connectivity index (χ2n) is 4.05. The van der Waals surface area contributed by atoms with Crippen molar-refractivity contribution in [2.75, 3.05) is 5.32 Å². The van der Waals surface area contributed by atoms with E-state index >= 15 is 0 Å². The molecule has 0 bridgehead atoms. The van der Waals surface area contributed by atoms with Crippen LogP contribution in [0.3, 0.4) is 0 Å². The van der Waals surface area contributed by atoms with E-state index in [9.17, 15) is 4.79 Å². The number of rotatable bonds is 1. The van der Waals surface area contributed by atoms with E-state index in [0.717, 1.165) is 5.56 Å². The molecule has 0 aromatic carbocycles. The lowest BCUT2D eigenvalue weighted by molar-refractivity contribution is -0.123. The zero-order valence-electron chi connectivity index (χ0n) is 8.34. The highest BCUT2D eigenvalue weighted by molar-refractivity contribution is 5.94. The van der Waals surface area contributed by atoms with E-state index in [-0.39, 0.29) is 5.91 Å². The number of nitrogens with one attached hydrogen (secondary N) is 1. The van der Waals surface area contributed by atoms with Crippen molar-refractivity contribution in [3.8, 4) is 0 Å². The average Bonchev–Trinajstić information content (AvgIpc) is 2.34. The minimum atomic E-state index is -0.411. The first-order chi connectivity index (χ1) is 5.91. The summed E-state index contributed by atoms with van der Waals surface area (Å²) < 4.78 is 4.69. The number of aromatic nitrogens is 1. The van der Waals surface area contributed by atoms with Crippen LogP contribution in [-0.4, -0.2) is 11.1 Å². The number of nitrogens with zero attached hydrogens (tertiary/aromatic N) is 1. The summed E-state index contributed by atoms with van der Waals surface area (Å²) in [6.45, 7) is 7.36. The lowest BCUT2D eigenvalue weighted by atomic mass is 9.96. The highest BCUT2D eigenvalue weighted by Crippen LogP contribution is 2.18. The van der Waals surface area contributed by atoms with Crippen LogP contribution in [-0.2, 0) is 4.79 Å². The molecular formula is C9H14N2O2. The lowest BCUT2D eigenvalue weighted by Gasteiger charge is -2.16. The first-order valence-corrected chi connectivity index (χ1v) is 4.13. The summed E-state index contributed by atoms with van der Waals surface area (Å²) >= 11 is 0. The summed E-state index contributed by atoms with van der Waals surface area (Å²) in [4.78, 5) is 11.5. The van der Waals surface area contributed by atoms with Gasteiger partial charge in [-0.2, -0.15) is 0 Å². The maximum atomic E-state index is 11.5. The van der Waals surface area contributed by atoms with E-state index in [1.165, 1.54) is 6.26 Å². The van der Waals surface area contributed by atoms with Crippen LogP contribution in [0.4, 0.5) is 5.82 Å². The van der Waals surface area contributed by atoms with Gasteiger partial charge in [-0.1, -0.05) is 25.9 Å². The van der Waals surface area contributed by atoms with Crippen molar-refractivity contribution in [2.45, 2.75) is 27.7 Å². The van der Waals surface area contributed by atoms with Gasteiger partial charge in [0.15, 0.2) is 5.82 Å². The Morgan fingerprint density at radius 1 is 1.54 bits per heavy atom. The molecule has 72 valence electrons. The van der Waals surface area contributed by atoms with E-state index < -0.39 is 5.41 Å². The number of anilines is 1. The molecule has 1 aromatic rings. The molecule has 4 nitrogen and oxygen atoms in total. The molecule has 0 atom stereocenters. The van der Waals surface area contributed by atoms with Crippen molar-refractivity contribution in [1.29, 1.82) is 0 Å². The Hall–Kier alpha value is -1.32. The van der Waals surface area contributed by atoms with Crippen LogP contribution in [0.5, 0.6) is 0 Å². The molecule has 0 aliphatic carbocycles. The Morgan fingerprint density at radius 2 is 2.15 bits per heavy atom. The molecule has 0 aliphatic heterocycles. The first-order valence-electron chi connectivity index (χ1n) is 4.13. The van der Waals surface area contributed by atoms with Crippen molar-refractivity contribution >= 4 is 11.7 Å². The summed E-state index contributed by atoms with van der Waals surface area (Å²) in [7, 11) is 0. The number of hydrogen-bond donors (Lipinski definition) is 1. The molecule has 1 aromatic heterocycles. The molecular weight excluding hydrogens is 168 g/mol. The highest BCUT2D eigenvalue weighted by Gasteiger charge is 2.22. The van der Waals surface area contributed by atoms with Gasteiger partial charge in [0, 0.05) is 11.0 Å². The van der Waals surface area contributed by atoms with Crippen LogP contribution in [0.2, 0.25) is 0 Å². The van der Waals surface area contributed by atoms with E-state index in [2.05, 4.69) is 10.5 Å². The van der Waals surface area contributed by atoms with Crippen molar-refractivity contribution in [2.24, 2.45) is 5.41 Å². The quantitative estimate of drug-likeness (QED) is 0.722. The Labute approximate surface area is 77.3 Å². The normalized spacial score (nSPS) is 11.4. The minimum absolute atomic E-state index is 0.0653. The SMILES string of the molecule is Cc1conc1NC(=O)C(C)(C)C. The number of carbonyl (C=O) groups is 1. The fourth-order valence-electron chi connectivity index (χ4n) is 0.702. The first kappa shape index (κ1) is 9.77. The van der Waals surface area contributed by atoms with Crippen LogP contribution in [0.1, 0.15) is 26.3 Å². The van der Waals surface area contributed by atoms with Gasteiger partial charge in [-0.15, -0.1) is 0 Å². The minimum Gasteiger partial charge on any atom is -0.362 e. The molecule has 1 N–H and O–H groups in total. The third-order valence-corrected chi connectivity index (χ3v) is 1.66. The van der Waals surface area contributed by atoms with E-state index in [1.807, 2.05) is 27.7 Å². The van der Waals surface area contributed by atoms with Gasteiger partial charge in [0.25, 0.3) is 0 Å². The van der Waals surface area contributed by atoms with Crippen LogP contribution >= 0.6 is 0 Å². The van der Waals surface area contributed by atoms with Crippen molar-refractivity contribution in [3.63, 3.8) is 0 Å². The third kappa shape index (κ3) is 2.31. The second-order valence-corrected chi connectivity index (χ2v) is 4.05. The van der Waals surface area contributed by atoms with Crippen molar-refractivity contribution < 1.29 is 9.32 Å². The number of amides is 1. The smallest absolute Gasteiger partial charge is 0.230 e. The fourth-order valence-corrected chi connectivity index (χ4v) is 0.702. The molecule has 1 heterocycles. The number of aryl methyl sites for hydroxylation is 1. The van der Waals surface area contributed by atoms with Crippen LogP contribution < -0.4 is 5.32 Å². The van der Waals surface area contributed by atoms with E-state index in [1.54, 1.807) is 0 Å². The number of hydrogen-bond acceptors (Lipinski definition) is 3. The summed E-state index contributed by atoms with van der Waals surface area (Å²) in [6.07, 6.45) is 1.50. The zero-order valence-corrected chi connectivity index (χ0v) is 8.34. The van der Waals surface area contributed by atoms with Crippen LogP contribution in [0, 0.1) is 12.3 Å². The van der Waals surface area contributed by atoms with E-state index in [0.29, 0.717) is 5.82 Å². The van der Waals surface area contributed by atoms with E-state index in [4.69, 9.17) is 4.52 Å². The van der Waals surface area contributed by atoms with Crippen LogP contribution in [0.25, 0.3) is 0 Å². The number of carbonyl (C=O) groups excluding carboxylic acids is 1. The topological polar surface area (TPSA) is 55.1 Å². The predicted octanol–water partition coefficient (Wildman–Crippen LogP) is 1.97. The van der Waals surface area contributed by atoms with Gasteiger partial charge in [-0.05, 0) is 6.92 Å². The molecule has 13 heavy (non-hydrogen) atoms. The summed E-state index contributed by atoms with van der Waals surface area (Å²) in [5.41, 5.74) is 0.420. The molecule has 0 unspecified atom stereocenters. The Kier molecular flexibility index (Phi) is 2.40. The maximum absolute atomic E-state index is 11.5. The van der Waals surface area contributed by atoms with Gasteiger partial charge in [0.1, 0.15) is 6.26 Å². The van der Waals surface area contributed by atoms with Gasteiger partial charge >= 0.3 is 0 Å². The second kappa shape index (κ2) is 3.20. The fraction of sp³-hybridized carbons (Fsp3) is 0.556. The summed E-state index contributed by atoms with van der Waals surface area (Å²) in [5.74, 6) is 0.435. The zero-order chi connectivity index (χ0) is 10.1. The molecule has 1 amide bonds. The Bertz CT molecular complexity index is 310. The molecule has 1 rings (SSSR count).